The van der Waals surface area contributed by atoms with Gasteiger partial charge in [0.2, 0.25) is 5.91 Å². The van der Waals surface area contributed by atoms with Crippen molar-refractivity contribution in [2.45, 2.75) is 30.7 Å². The van der Waals surface area contributed by atoms with Gasteiger partial charge in [0.25, 0.3) is 21.5 Å². The number of fused-ring (bicyclic) bond motifs is 4. The van der Waals surface area contributed by atoms with Gasteiger partial charge < -0.3 is 14.8 Å². The van der Waals surface area contributed by atoms with E-state index in [1.165, 1.54) is 37.3 Å². The lowest BCUT2D eigenvalue weighted by atomic mass is 9.83. The molecule has 1 saturated heterocycles. The van der Waals surface area contributed by atoms with Crippen LogP contribution in [0.5, 0.6) is 0 Å². The van der Waals surface area contributed by atoms with E-state index in [0.717, 1.165) is 12.1 Å². The number of piperidine rings is 1. The SMILES string of the molecule is CC(=O)Nc1ccc(S(=O)(=O)Nc2ccc3n(c2=O)CC2CC3CN(C(=O)c3ccccn3)C2)cc1. The minimum atomic E-state index is -4.01. The topological polar surface area (TPSA) is 130 Å². The molecule has 2 aliphatic rings. The lowest BCUT2D eigenvalue weighted by Gasteiger charge is -2.42. The number of nitrogens with one attached hydrogen (secondary N) is 2. The average molecular weight is 508 g/mol. The van der Waals surface area contributed by atoms with Crippen LogP contribution in [0, 0.1) is 5.92 Å². The minimum absolute atomic E-state index is 0.0233. The van der Waals surface area contributed by atoms with Crippen LogP contribution in [-0.4, -0.2) is 47.8 Å². The van der Waals surface area contributed by atoms with Crippen molar-refractivity contribution in [3.05, 3.63) is 82.5 Å². The first kappa shape index (κ1) is 23.7. The van der Waals surface area contributed by atoms with Crippen molar-refractivity contribution in [1.29, 1.82) is 0 Å². The third kappa shape index (κ3) is 4.61. The second kappa shape index (κ2) is 9.23. The van der Waals surface area contributed by atoms with E-state index in [1.54, 1.807) is 39.9 Å². The zero-order chi connectivity index (χ0) is 25.4. The number of nitrogens with zero attached hydrogens (tertiary/aromatic N) is 3. The van der Waals surface area contributed by atoms with Gasteiger partial charge in [-0.1, -0.05) is 6.07 Å². The number of hydrogen-bond acceptors (Lipinski definition) is 6. The van der Waals surface area contributed by atoms with Crippen LogP contribution in [0.15, 0.2) is 70.5 Å². The fourth-order valence-electron chi connectivity index (χ4n) is 4.96. The van der Waals surface area contributed by atoms with E-state index in [4.69, 9.17) is 0 Å². The summed E-state index contributed by atoms with van der Waals surface area (Å²) in [7, 11) is -4.01. The number of carbonyl (C=O) groups is 2. The first-order chi connectivity index (χ1) is 17.2. The summed E-state index contributed by atoms with van der Waals surface area (Å²) in [5.74, 6) is -0.338. The first-order valence-corrected chi connectivity index (χ1v) is 13.0. The van der Waals surface area contributed by atoms with Gasteiger partial charge in [0.1, 0.15) is 11.4 Å². The van der Waals surface area contributed by atoms with Gasteiger partial charge in [-0.2, -0.15) is 0 Å². The summed E-state index contributed by atoms with van der Waals surface area (Å²) in [6.07, 6.45) is 2.45. The summed E-state index contributed by atoms with van der Waals surface area (Å²) in [6, 6.07) is 14.2. The van der Waals surface area contributed by atoms with E-state index < -0.39 is 15.6 Å². The third-order valence-electron chi connectivity index (χ3n) is 6.50. The molecule has 3 aromatic rings. The van der Waals surface area contributed by atoms with Crippen molar-refractivity contribution in [3.8, 4) is 0 Å². The zero-order valence-corrected chi connectivity index (χ0v) is 20.4. The van der Waals surface area contributed by atoms with Crippen molar-refractivity contribution in [2.75, 3.05) is 23.1 Å². The molecule has 2 aliphatic heterocycles. The van der Waals surface area contributed by atoms with E-state index in [9.17, 15) is 22.8 Å². The highest BCUT2D eigenvalue weighted by molar-refractivity contribution is 7.92. The summed E-state index contributed by atoms with van der Waals surface area (Å²) in [6.45, 7) is 2.74. The van der Waals surface area contributed by atoms with Crippen LogP contribution in [-0.2, 0) is 21.4 Å². The Balaban J connectivity index is 1.36. The second-order valence-corrected chi connectivity index (χ2v) is 10.8. The first-order valence-electron chi connectivity index (χ1n) is 11.6. The van der Waals surface area contributed by atoms with Crippen molar-refractivity contribution in [1.82, 2.24) is 14.5 Å². The number of sulfonamides is 1. The number of pyridine rings is 2. The van der Waals surface area contributed by atoms with Crippen molar-refractivity contribution in [3.63, 3.8) is 0 Å². The second-order valence-electron chi connectivity index (χ2n) is 9.12. The quantitative estimate of drug-likeness (QED) is 0.545. The molecule has 1 aromatic carbocycles. The fraction of sp³-hybridized carbons (Fsp3) is 0.280. The Morgan fingerprint density at radius 3 is 2.47 bits per heavy atom. The van der Waals surface area contributed by atoms with Gasteiger partial charge in [0.05, 0.1) is 4.90 Å². The minimum Gasteiger partial charge on any atom is -0.336 e. The van der Waals surface area contributed by atoms with Crippen LogP contribution in [0.25, 0.3) is 0 Å². The van der Waals surface area contributed by atoms with E-state index in [1.807, 2.05) is 0 Å². The molecule has 0 spiro atoms. The third-order valence-corrected chi connectivity index (χ3v) is 7.89. The highest BCUT2D eigenvalue weighted by atomic mass is 32.2. The van der Waals surface area contributed by atoms with Crippen molar-refractivity contribution in [2.24, 2.45) is 5.92 Å². The molecule has 4 heterocycles. The highest BCUT2D eigenvalue weighted by Crippen LogP contribution is 2.36. The number of likely N-dealkylation sites (tertiary alicyclic amines) is 1. The molecule has 0 saturated carbocycles. The van der Waals surface area contributed by atoms with Crippen molar-refractivity contribution >= 4 is 33.2 Å². The molecule has 0 radical (unpaired) electrons. The Bertz CT molecular complexity index is 1490. The van der Waals surface area contributed by atoms with Gasteiger partial charge in [0, 0.05) is 50.1 Å². The number of benzene rings is 1. The van der Waals surface area contributed by atoms with Crippen LogP contribution < -0.4 is 15.6 Å². The van der Waals surface area contributed by atoms with E-state index >= 15 is 0 Å². The Hall–Kier alpha value is -3.99. The van der Waals surface area contributed by atoms with Crippen LogP contribution in [0.3, 0.4) is 0 Å². The molecule has 11 heteroatoms. The van der Waals surface area contributed by atoms with Crippen LogP contribution in [0.1, 0.15) is 35.4 Å². The van der Waals surface area contributed by atoms with Gasteiger partial charge in [-0.25, -0.2) is 8.42 Å². The molecule has 2 atom stereocenters. The van der Waals surface area contributed by atoms with Crippen molar-refractivity contribution < 1.29 is 18.0 Å². The van der Waals surface area contributed by atoms with Crippen LogP contribution in [0.2, 0.25) is 0 Å². The van der Waals surface area contributed by atoms with Gasteiger partial charge in [-0.15, -0.1) is 0 Å². The number of hydrogen-bond donors (Lipinski definition) is 2. The fourth-order valence-corrected chi connectivity index (χ4v) is 6.02. The predicted molar refractivity (Wildman–Crippen MR) is 133 cm³/mol. The summed E-state index contributed by atoms with van der Waals surface area (Å²) in [4.78, 5) is 43.3. The molecular weight excluding hydrogens is 482 g/mol. The molecule has 1 fully saturated rings. The summed E-state index contributed by atoms with van der Waals surface area (Å²) in [5.41, 5.74) is 1.20. The summed E-state index contributed by atoms with van der Waals surface area (Å²) < 4.78 is 29.8. The lowest BCUT2D eigenvalue weighted by molar-refractivity contribution is -0.114. The molecule has 0 aliphatic carbocycles. The molecule has 2 bridgehead atoms. The molecule has 5 rings (SSSR count). The largest absolute Gasteiger partial charge is 0.336 e. The van der Waals surface area contributed by atoms with Gasteiger partial charge in [-0.05, 0) is 60.9 Å². The molecule has 2 amide bonds. The predicted octanol–water partition coefficient (Wildman–Crippen LogP) is 2.26. The van der Waals surface area contributed by atoms with Crippen LogP contribution >= 0.6 is 0 Å². The average Bonchev–Trinajstić information content (AvgIpc) is 2.86. The molecule has 10 nitrogen and oxygen atoms in total. The molecular formula is C25H25N5O5S. The van der Waals surface area contributed by atoms with E-state index in [-0.39, 0.29) is 34.2 Å². The highest BCUT2D eigenvalue weighted by Gasteiger charge is 2.37. The monoisotopic (exact) mass is 507 g/mol. The maximum absolute atomic E-state index is 13.3. The molecule has 2 N–H and O–H groups in total. The molecule has 2 aromatic heterocycles. The van der Waals surface area contributed by atoms with Gasteiger partial charge in [0.15, 0.2) is 0 Å². The number of carbonyl (C=O) groups excluding carboxylic acids is 2. The molecule has 36 heavy (non-hydrogen) atoms. The van der Waals surface area contributed by atoms with Crippen LogP contribution in [0.4, 0.5) is 11.4 Å². The summed E-state index contributed by atoms with van der Waals surface area (Å²) in [5, 5.41) is 2.58. The number of amides is 2. The van der Waals surface area contributed by atoms with E-state index in [2.05, 4.69) is 15.0 Å². The maximum Gasteiger partial charge on any atom is 0.275 e. The lowest BCUT2D eigenvalue weighted by Crippen LogP contribution is -2.49. The summed E-state index contributed by atoms with van der Waals surface area (Å²) >= 11 is 0. The Kier molecular flexibility index (Phi) is 6.09. The number of aromatic nitrogens is 2. The zero-order valence-electron chi connectivity index (χ0n) is 19.5. The Morgan fingerprint density at radius 2 is 1.78 bits per heavy atom. The van der Waals surface area contributed by atoms with E-state index in [0.29, 0.717) is 31.0 Å². The molecule has 186 valence electrons. The smallest absolute Gasteiger partial charge is 0.275 e. The van der Waals surface area contributed by atoms with Gasteiger partial charge >= 0.3 is 0 Å². The Morgan fingerprint density at radius 1 is 1.00 bits per heavy atom. The van der Waals surface area contributed by atoms with Gasteiger partial charge in [-0.3, -0.25) is 24.1 Å². The normalized spacial score (nSPS) is 18.8. The standard InChI is InChI=1S/C25H25N5O5S/c1-16(31)27-19-5-7-20(8-6-19)36(34,35)28-22-9-10-23-18-12-17(14-30(23)25(22)33)13-29(15-18)24(32)21-4-2-3-11-26-21/h2-11,17-18,28H,12-15H2,1H3,(H,27,31). The maximum atomic E-state index is 13.3. The number of anilines is 2. The Labute approximate surface area is 208 Å². The number of rotatable bonds is 5. The molecule has 2 unspecified atom stereocenters.